The van der Waals surface area contributed by atoms with E-state index in [9.17, 15) is 4.79 Å². The molecule has 1 aromatic rings. The third kappa shape index (κ3) is 4.35. The number of esters is 1. The normalized spacial score (nSPS) is 11.2. The van der Waals surface area contributed by atoms with Gasteiger partial charge >= 0.3 is 5.97 Å². The predicted molar refractivity (Wildman–Crippen MR) is 78.0 cm³/mol. The van der Waals surface area contributed by atoms with Crippen LogP contribution in [0.3, 0.4) is 0 Å². The van der Waals surface area contributed by atoms with Crippen molar-refractivity contribution in [3.63, 3.8) is 0 Å². The number of nitrogens with one attached hydrogen (secondary N) is 1. The van der Waals surface area contributed by atoms with Crippen LogP contribution in [0.5, 0.6) is 0 Å². The molecule has 0 aliphatic rings. The van der Waals surface area contributed by atoms with E-state index < -0.39 is 0 Å². The summed E-state index contributed by atoms with van der Waals surface area (Å²) in [6.07, 6.45) is 2.45. The highest BCUT2D eigenvalue weighted by Gasteiger charge is 2.06. The van der Waals surface area contributed by atoms with Crippen LogP contribution in [0.25, 0.3) is 0 Å². The SMILES string of the molecule is CC/C(=C/CNc1ccc(Br)cc1Cl)C(=O)OC. The Hall–Kier alpha value is -1.00. The Morgan fingerprint density at radius 2 is 2.28 bits per heavy atom. The summed E-state index contributed by atoms with van der Waals surface area (Å²) in [6, 6.07) is 5.59. The molecule has 0 fully saturated rings. The molecule has 1 rings (SSSR count). The molecule has 3 nitrogen and oxygen atoms in total. The van der Waals surface area contributed by atoms with E-state index >= 15 is 0 Å². The second kappa shape index (κ2) is 7.44. The van der Waals surface area contributed by atoms with Gasteiger partial charge in [-0.1, -0.05) is 40.5 Å². The predicted octanol–water partition coefficient (Wildman–Crippen LogP) is 4.02. The van der Waals surface area contributed by atoms with Gasteiger partial charge in [0.2, 0.25) is 0 Å². The maximum atomic E-state index is 11.3. The standard InChI is InChI=1S/C13H15BrClNO2/c1-3-9(13(17)18-2)6-7-16-12-5-4-10(14)8-11(12)15/h4-6,8,16H,3,7H2,1-2H3/b9-6-. The lowest BCUT2D eigenvalue weighted by molar-refractivity contribution is -0.136. The molecule has 18 heavy (non-hydrogen) atoms. The molecule has 0 bridgehead atoms. The van der Waals surface area contributed by atoms with E-state index in [4.69, 9.17) is 11.6 Å². The molecule has 0 aromatic heterocycles. The zero-order chi connectivity index (χ0) is 13.5. The minimum atomic E-state index is -0.291. The number of carbonyl (C=O) groups excluding carboxylic acids is 1. The Labute approximate surface area is 120 Å². The fourth-order valence-electron chi connectivity index (χ4n) is 1.42. The van der Waals surface area contributed by atoms with Crippen molar-refractivity contribution in [3.05, 3.63) is 39.3 Å². The van der Waals surface area contributed by atoms with Crippen molar-refractivity contribution in [3.8, 4) is 0 Å². The van der Waals surface area contributed by atoms with Crippen molar-refractivity contribution < 1.29 is 9.53 Å². The Kier molecular flexibility index (Phi) is 6.22. The zero-order valence-corrected chi connectivity index (χ0v) is 12.6. The number of rotatable bonds is 5. The summed E-state index contributed by atoms with van der Waals surface area (Å²) in [5, 5.41) is 3.78. The first-order valence-corrected chi connectivity index (χ1v) is 6.71. The lowest BCUT2D eigenvalue weighted by Crippen LogP contribution is -2.07. The maximum Gasteiger partial charge on any atom is 0.333 e. The summed E-state index contributed by atoms with van der Waals surface area (Å²) in [7, 11) is 1.38. The first-order chi connectivity index (χ1) is 8.58. The highest BCUT2D eigenvalue weighted by atomic mass is 79.9. The Morgan fingerprint density at radius 3 is 2.83 bits per heavy atom. The lowest BCUT2D eigenvalue weighted by Gasteiger charge is -2.07. The molecule has 0 spiro atoms. The molecule has 0 radical (unpaired) electrons. The topological polar surface area (TPSA) is 38.3 Å². The molecule has 98 valence electrons. The Bertz CT molecular complexity index is 460. The largest absolute Gasteiger partial charge is 0.466 e. The number of benzene rings is 1. The van der Waals surface area contributed by atoms with Crippen molar-refractivity contribution in [2.45, 2.75) is 13.3 Å². The van der Waals surface area contributed by atoms with Crippen LogP contribution in [0, 0.1) is 0 Å². The van der Waals surface area contributed by atoms with Crippen LogP contribution in [0.4, 0.5) is 5.69 Å². The van der Waals surface area contributed by atoms with Crippen LogP contribution in [-0.4, -0.2) is 19.6 Å². The molecular formula is C13H15BrClNO2. The van der Waals surface area contributed by atoms with Gasteiger partial charge in [0, 0.05) is 16.6 Å². The Balaban J connectivity index is 2.65. The highest BCUT2D eigenvalue weighted by Crippen LogP contribution is 2.25. The van der Waals surface area contributed by atoms with Gasteiger partial charge < -0.3 is 10.1 Å². The van der Waals surface area contributed by atoms with Gasteiger partial charge in [0.15, 0.2) is 0 Å². The summed E-state index contributed by atoms with van der Waals surface area (Å²) >= 11 is 9.41. The maximum absolute atomic E-state index is 11.3. The molecule has 0 atom stereocenters. The van der Waals surface area contributed by atoms with E-state index in [1.54, 1.807) is 0 Å². The van der Waals surface area contributed by atoms with Crippen molar-refractivity contribution >= 4 is 39.2 Å². The summed E-state index contributed by atoms with van der Waals surface area (Å²) in [5.41, 5.74) is 1.48. The molecule has 1 aromatic carbocycles. The molecule has 1 N–H and O–H groups in total. The molecule has 0 aliphatic heterocycles. The summed E-state index contributed by atoms with van der Waals surface area (Å²) in [6.45, 7) is 2.44. The quantitative estimate of drug-likeness (QED) is 0.653. The van der Waals surface area contributed by atoms with E-state index in [2.05, 4.69) is 26.0 Å². The molecule has 0 aliphatic carbocycles. The first-order valence-electron chi connectivity index (χ1n) is 5.54. The van der Waals surface area contributed by atoms with Gasteiger partial charge in [0.1, 0.15) is 0 Å². The second-order valence-electron chi connectivity index (χ2n) is 3.58. The van der Waals surface area contributed by atoms with Gasteiger partial charge in [-0.15, -0.1) is 0 Å². The average Bonchev–Trinajstić information content (AvgIpc) is 2.36. The molecule has 0 saturated heterocycles. The summed E-state index contributed by atoms with van der Waals surface area (Å²) in [5.74, 6) is -0.291. The van der Waals surface area contributed by atoms with Crippen molar-refractivity contribution in [1.82, 2.24) is 0 Å². The smallest absolute Gasteiger partial charge is 0.333 e. The minimum absolute atomic E-state index is 0.291. The van der Waals surface area contributed by atoms with Gasteiger partial charge in [-0.05, 0) is 24.6 Å². The van der Waals surface area contributed by atoms with Crippen molar-refractivity contribution in [1.29, 1.82) is 0 Å². The number of carbonyl (C=O) groups is 1. The van der Waals surface area contributed by atoms with E-state index in [0.29, 0.717) is 23.6 Å². The van der Waals surface area contributed by atoms with Crippen molar-refractivity contribution in [2.24, 2.45) is 0 Å². The molecule has 0 heterocycles. The van der Waals surface area contributed by atoms with Crippen LogP contribution >= 0.6 is 27.5 Å². The number of halogens is 2. The van der Waals surface area contributed by atoms with E-state index in [-0.39, 0.29) is 5.97 Å². The van der Waals surface area contributed by atoms with E-state index in [1.807, 2.05) is 31.2 Å². The number of ether oxygens (including phenoxy) is 1. The average molecular weight is 333 g/mol. The van der Waals surface area contributed by atoms with Crippen LogP contribution in [-0.2, 0) is 9.53 Å². The fourth-order valence-corrected chi connectivity index (χ4v) is 2.16. The minimum Gasteiger partial charge on any atom is -0.466 e. The molecule has 0 unspecified atom stereocenters. The fraction of sp³-hybridized carbons (Fsp3) is 0.308. The van der Waals surface area contributed by atoms with Crippen LogP contribution < -0.4 is 5.32 Å². The van der Waals surface area contributed by atoms with Gasteiger partial charge in [0.25, 0.3) is 0 Å². The van der Waals surface area contributed by atoms with Gasteiger partial charge in [-0.25, -0.2) is 4.79 Å². The first kappa shape index (κ1) is 15.1. The Morgan fingerprint density at radius 1 is 1.56 bits per heavy atom. The van der Waals surface area contributed by atoms with E-state index in [1.165, 1.54) is 7.11 Å². The number of hydrogen-bond acceptors (Lipinski definition) is 3. The third-order valence-electron chi connectivity index (χ3n) is 2.40. The summed E-state index contributed by atoms with van der Waals surface area (Å²) < 4.78 is 5.61. The highest BCUT2D eigenvalue weighted by molar-refractivity contribution is 9.10. The third-order valence-corrected chi connectivity index (χ3v) is 3.21. The van der Waals surface area contributed by atoms with Crippen molar-refractivity contribution in [2.75, 3.05) is 19.0 Å². The molecule has 0 amide bonds. The summed E-state index contributed by atoms with van der Waals surface area (Å²) in [4.78, 5) is 11.3. The van der Waals surface area contributed by atoms with Gasteiger partial charge in [-0.2, -0.15) is 0 Å². The van der Waals surface area contributed by atoms with Gasteiger partial charge in [-0.3, -0.25) is 0 Å². The lowest BCUT2D eigenvalue weighted by atomic mass is 10.2. The molecular weight excluding hydrogens is 318 g/mol. The van der Waals surface area contributed by atoms with E-state index in [0.717, 1.165) is 10.2 Å². The number of methoxy groups -OCH3 is 1. The number of hydrogen-bond donors (Lipinski definition) is 1. The van der Waals surface area contributed by atoms with Crippen LogP contribution in [0.15, 0.2) is 34.3 Å². The molecule has 0 saturated carbocycles. The van der Waals surface area contributed by atoms with Gasteiger partial charge in [0.05, 0.1) is 17.8 Å². The van der Waals surface area contributed by atoms with Crippen LogP contribution in [0.1, 0.15) is 13.3 Å². The number of anilines is 1. The monoisotopic (exact) mass is 331 g/mol. The van der Waals surface area contributed by atoms with Crippen LogP contribution in [0.2, 0.25) is 5.02 Å². The molecule has 5 heteroatoms. The zero-order valence-electron chi connectivity index (χ0n) is 10.3. The second-order valence-corrected chi connectivity index (χ2v) is 4.90.